The van der Waals surface area contributed by atoms with E-state index in [9.17, 15) is 23.1 Å². The molecule has 29 heavy (non-hydrogen) atoms. The molecule has 1 atom stereocenters. The second kappa shape index (κ2) is 8.93. The molecule has 0 aromatic heterocycles. The molecule has 0 aliphatic carbocycles. The van der Waals surface area contributed by atoms with Crippen LogP contribution in [0.1, 0.15) is 22.7 Å². The van der Waals surface area contributed by atoms with E-state index in [1.807, 2.05) is 34.7 Å². The minimum absolute atomic E-state index is 0.0558. The van der Waals surface area contributed by atoms with Gasteiger partial charge in [-0.05, 0) is 116 Å². The highest BCUT2D eigenvalue weighted by molar-refractivity contribution is 14.1. The molecular formula is C19H15F3I3NO3. The Morgan fingerprint density at radius 2 is 1.86 bits per heavy atom. The molecule has 1 heterocycles. The van der Waals surface area contributed by atoms with E-state index in [4.69, 9.17) is 4.74 Å². The van der Waals surface area contributed by atoms with E-state index >= 15 is 0 Å². The average Bonchev–Trinajstić information content (AvgIpc) is 2.63. The fourth-order valence-electron chi connectivity index (χ4n) is 3.52. The first kappa shape index (κ1) is 23.2. The molecular weight excluding hydrogens is 728 g/mol. The number of nitrogens with zero attached hydrogens (tertiary/aromatic N) is 1. The minimum atomic E-state index is -4.94. The lowest BCUT2D eigenvalue weighted by Crippen LogP contribution is -2.47. The summed E-state index contributed by atoms with van der Waals surface area (Å²) < 4.78 is 47.4. The van der Waals surface area contributed by atoms with Gasteiger partial charge in [-0.25, -0.2) is 0 Å². The second-order valence-electron chi connectivity index (χ2n) is 6.53. The lowest BCUT2D eigenvalue weighted by molar-refractivity contribution is -0.188. The molecule has 4 nitrogen and oxygen atoms in total. The zero-order valence-corrected chi connectivity index (χ0v) is 21.5. The van der Waals surface area contributed by atoms with Gasteiger partial charge in [0.2, 0.25) is 0 Å². The SMILES string of the molecule is COc1c(I)cc(CC2c3ccc(O)c(I)c3CCN2C(=O)C(F)(F)F)cc1I. The molecule has 1 aliphatic rings. The number of carbonyl (C=O) groups excluding carboxylic acids is 1. The fraction of sp³-hybridized carbons (Fsp3) is 0.316. The summed E-state index contributed by atoms with van der Waals surface area (Å²) in [4.78, 5) is 13.0. The van der Waals surface area contributed by atoms with Crippen LogP contribution in [0.15, 0.2) is 24.3 Å². The van der Waals surface area contributed by atoms with E-state index in [2.05, 4.69) is 45.2 Å². The second-order valence-corrected chi connectivity index (χ2v) is 9.93. The molecule has 3 rings (SSSR count). The van der Waals surface area contributed by atoms with Crippen LogP contribution in [0.3, 0.4) is 0 Å². The van der Waals surface area contributed by atoms with Crippen molar-refractivity contribution in [2.24, 2.45) is 0 Å². The smallest absolute Gasteiger partial charge is 0.471 e. The highest BCUT2D eigenvalue weighted by Crippen LogP contribution is 2.40. The molecule has 2 aromatic carbocycles. The molecule has 0 saturated carbocycles. The van der Waals surface area contributed by atoms with E-state index < -0.39 is 18.1 Å². The van der Waals surface area contributed by atoms with Crippen molar-refractivity contribution in [3.8, 4) is 11.5 Å². The van der Waals surface area contributed by atoms with Gasteiger partial charge in [-0.2, -0.15) is 13.2 Å². The van der Waals surface area contributed by atoms with E-state index in [1.165, 1.54) is 6.07 Å². The molecule has 0 spiro atoms. The van der Waals surface area contributed by atoms with Crippen LogP contribution in [0, 0.1) is 10.7 Å². The van der Waals surface area contributed by atoms with Crippen molar-refractivity contribution < 1.29 is 27.8 Å². The Bertz CT molecular complexity index is 943. The van der Waals surface area contributed by atoms with Crippen LogP contribution in [-0.4, -0.2) is 35.7 Å². The van der Waals surface area contributed by atoms with Crippen LogP contribution in [0.5, 0.6) is 11.5 Å². The minimum Gasteiger partial charge on any atom is -0.507 e. The maximum atomic E-state index is 13.2. The van der Waals surface area contributed by atoms with Gasteiger partial charge in [-0.15, -0.1) is 0 Å². The standard InChI is InChI=1S/C19H15F3I3NO3/c1-29-17-12(23)6-9(7-13(17)24)8-14-10-2-3-15(27)16(25)11(10)4-5-26(14)18(28)19(20,21)22/h2-3,6-7,14,27H,4-5,8H2,1H3. The lowest BCUT2D eigenvalue weighted by Gasteiger charge is -2.38. The molecule has 0 bridgehead atoms. The summed E-state index contributed by atoms with van der Waals surface area (Å²) >= 11 is 6.24. The molecule has 1 N–H and O–H groups in total. The third-order valence-corrected chi connectivity index (χ3v) is 7.60. The first-order valence-corrected chi connectivity index (χ1v) is 11.7. The van der Waals surface area contributed by atoms with Crippen LogP contribution in [0.25, 0.3) is 0 Å². The average molecular weight is 743 g/mol. The van der Waals surface area contributed by atoms with Crippen molar-refractivity contribution in [1.29, 1.82) is 0 Å². The Balaban J connectivity index is 2.08. The predicted molar refractivity (Wildman–Crippen MR) is 127 cm³/mol. The largest absolute Gasteiger partial charge is 0.507 e. The van der Waals surface area contributed by atoms with Crippen LogP contribution in [-0.2, 0) is 17.6 Å². The molecule has 2 aromatic rings. The van der Waals surface area contributed by atoms with Crippen molar-refractivity contribution in [3.63, 3.8) is 0 Å². The van der Waals surface area contributed by atoms with E-state index in [-0.39, 0.29) is 25.1 Å². The number of amides is 1. The van der Waals surface area contributed by atoms with Gasteiger partial charge >= 0.3 is 12.1 Å². The highest BCUT2D eigenvalue weighted by Gasteiger charge is 2.46. The third-order valence-electron chi connectivity index (χ3n) is 4.79. The number of benzene rings is 2. The maximum Gasteiger partial charge on any atom is 0.471 e. The molecule has 1 aliphatic heterocycles. The number of alkyl halides is 3. The van der Waals surface area contributed by atoms with Gasteiger partial charge in [0.05, 0.1) is 23.9 Å². The van der Waals surface area contributed by atoms with Crippen molar-refractivity contribution in [2.45, 2.75) is 25.1 Å². The molecule has 10 heteroatoms. The molecule has 1 unspecified atom stereocenters. The highest BCUT2D eigenvalue weighted by atomic mass is 127. The Morgan fingerprint density at radius 3 is 2.41 bits per heavy atom. The number of phenolic OH excluding ortho intramolecular Hbond substituents is 1. The van der Waals surface area contributed by atoms with Gasteiger partial charge in [0, 0.05) is 6.54 Å². The summed E-state index contributed by atoms with van der Waals surface area (Å²) in [6.07, 6.45) is -4.45. The monoisotopic (exact) mass is 743 g/mol. The van der Waals surface area contributed by atoms with Gasteiger partial charge in [0.15, 0.2) is 0 Å². The van der Waals surface area contributed by atoms with E-state index in [1.54, 1.807) is 13.2 Å². The Morgan fingerprint density at radius 1 is 1.24 bits per heavy atom. The normalized spacial score (nSPS) is 16.5. The van der Waals surface area contributed by atoms with Crippen molar-refractivity contribution in [2.75, 3.05) is 13.7 Å². The number of fused-ring (bicyclic) bond motifs is 1. The Kier molecular flexibility index (Phi) is 7.13. The van der Waals surface area contributed by atoms with Gasteiger partial charge in [0.25, 0.3) is 0 Å². The fourth-order valence-corrected chi connectivity index (χ4v) is 6.62. The number of hydrogen-bond donors (Lipinski definition) is 1. The Hall–Kier alpha value is -0.510. The zero-order chi connectivity index (χ0) is 21.5. The predicted octanol–water partition coefficient (Wildman–Crippen LogP) is 5.45. The molecule has 0 fully saturated rings. The van der Waals surface area contributed by atoms with Crippen molar-refractivity contribution in [1.82, 2.24) is 4.90 Å². The van der Waals surface area contributed by atoms with Crippen molar-refractivity contribution in [3.05, 3.63) is 51.7 Å². The summed E-state index contributed by atoms with van der Waals surface area (Å²) in [6, 6.07) is 6.03. The molecule has 156 valence electrons. The number of phenols is 1. The maximum absolute atomic E-state index is 13.2. The van der Waals surface area contributed by atoms with Crippen LogP contribution >= 0.6 is 67.8 Å². The summed E-state index contributed by atoms with van der Waals surface area (Å²) in [5.41, 5.74) is 2.23. The van der Waals surface area contributed by atoms with E-state index in [0.29, 0.717) is 14.9 Å². The molecule has 0 saturated heterocycles. The molecule has 1 amide bonds. The Labute approximate surface area is 206 Å². The van der Waals surface area contributed by atoms with Gasteiger partial charge in [0.1, 0.15) is 11.5 Å². The van der Waals surface area contributed by atoms with Gasteiger partial charge in [-0.3, -0.25) is 4.79 Å². The number of carbonyl (C=O) groups is 1. The zero-order valence-electron chi connectivity index (χ0n) is 15.0. The lowest BCUT2D eigenvalue weighted by atomic mass is 9.88. The van der Waals surface area contributed by atoms with Crippen LogP contribution in [0.4, 0.5) is 13.2 Å². The number of ether oxygens (including phenoxy) is 1. The van der Waals surface area contributed by atoms with Crippen molar-refractivity contribution >= 4 is 73.7 Å². The number of methoxy groups -OCH3 is 1. The summed E-state index contributed by atoms with van der Waals surface area (Å²) in [6.45, 7) is -0.0558. The topological polar surface area (TPSA) is 49.8 Å². The van der Waals surface area contributed by atoms with Gasteiger partial charge < -0.3 is 14.7 Å². The number of rotatable bonds is 3. The quantitative estimate of drug-likeness (QED) is 0.427. The first-order chi connectivity index (χ1) is 13.5. The number of halogens is 6. The van der Waals surface area contributed by atoms with E-state index in [0.717, 1.165) is 23.2 Å². The number of aromatic hydroxyl groups is 1. The number of hydrogen-bond acceptors (Lipinski definition) is 3. The molecule has 0 radical (unpaired) electrons. The van der Waals surface area contributed by atoms with Gasteiger partial charge in [-0.1, -0.05) is 6.07 Å². The summed E-state index contributed by atoms with van der Waals surface area (Å²) in [5, 5.41) is 10.0. The summed E-state index contributed by atoms with van der Waals surface area (Å²) in [5.74, 6) is -1.04. The first-order valence-electron chi connectivity index (χ1n) is 8.44. The third kappa shape index (κ3) is 4.72. The van der Waals surface area contributed by atoms with Crippen LogP contribution < -0.4 is 4.74 Å². The summed E-state index contributed by atoms with van der Waals surface area (Å²) in [7, 11) is 1.56. The van der Waals surface area contributed by atoms with Crippen LogP contribution in [0.2, 0.25) is 0 Å².